The van der Waals surface area contributed by atoms with Gasteiger partial charge >= 0.3 is 0 Å². The Balaban J connectivity index is 0.000000686. The molecule has 0 fully saturated rings. The van der Waals surface area contributed by atoms with Gasteiger partial charge in [0, 0.05) is 6.54 Å². The molecule has 2 rings (SSSR count). The van der Waals surface area contributed by atoms with Crippen LogP contribution in [-0.4, -0.2) is 32.9 Å². The largest absolute Gasteiger partial charge is 0.493 e. The first kappa shape index (κ1) is 13.6. The van der Waals surface area contributed by atoms with Crippen LogP contribution >= 0.6 is 0 Å². The van der Waals surface area contributed by atoms with E-state index in [9.17, 15) is 0 Å². The molecule has 0 saturated heterocycles. The quantitative estimate of drug-likeness (QED) is 0.811. The molecule has 0 saturated carbocycles. The van der Waals surface area contributed by atoms with E-state index < -0.39 is 0 Å². The van der Waals surface area contributed by atoms with Gasteiger partial charge in [-0.3, -0.25) is 0 Å². The Bertz CT molecular complexity index is 364. The Kier molecular flexibility index (Phi) is 5.10. The number of hydrogen-bond donors (Lipinski definition) is 0. The molecule has 0 radical (unpaired) electrons. The van der Waals surface area contributed by atoms with Crippen LogP contribution in [0, 0.1) is 0 Å². The van der Waals surface area contributed by atoms with Crippen molar-refractivity contribution in [2.45, 2.75) is 20.4 Å². The van der Waals surface area contributed by atoms with Gasteiger partial charge in [0.15, 0.2) is 11.5 Å². The maximum Gasteiger partial charge on any atom is 0.231 e. The Morgan fingerprint density at radius 1 is 1.24 bits per heavy atom. The lowest BCUT2D eigenvalue weighted by Gasteiger charge is -2.12. The van der Waals surface area contributed by atoms with Crippen LogP contribution in [0.5, 0.6) is 17.2 Å². The number of methoxy groups -OCH3 is 1. The minimum atomic E-state index is 0.275. The number of ether oxygens (including phenoxy) is 3. The summed E-state index contributed by atoms with van der Waals surface area (Å²) in [4.78, 5) is 2.09. The molecule has 0 N–H and O–H groups in total. The molecule has 96 valence electrons. The summed E-state index contributed by atoms with van der Waals surface area (Å²) in [5.74, 6) is 2.22. The highest BCUT2D eigenvalue weighted by atomic mass is 16.7. The van der Waals surface area contributed by atoms with Gasteiger partial charge in [-0.05, 0) is 31.8 Å². The maximum atomic E-state index is 5.34. The smallest absolute Gasteiger partial charge is 0.231 e. The third-order valence-electron chi connectivity index (χ3n) is 2.22. The number of hydrogen-bond acceptors (Lipinski definition) is 4. The standard InChI is InChI=1S/C11H15NO3.C2H6/c1-12(2)6-8-4-9(13-3)11-10(5-8)14-7-15-11;1-2/h4-5H,6-7H2,1-3H3;1-2H3. The molecule has 1 aliphatic rings. The summed E-state index contributed by atoms with van der Waals surface area (Å²) < 4.78 is 15.9. The third kappa shape index (κ3) is 3.27. The fourth-order valence-electron chi connectivity index (χ4n) is 1.64. The molecular weight excluding hydrogens is 218 g/mol. The van der Waals surface area contributed by atoms with Crippen molar-refractivity contribution in [3.63, 3.8) is 0 Å². The van der Waals surface area contributed by atoms with Crippen LogP contribution in [0.3, 0.4) is 0 Å². The molecule has 0 atom stereocenters. The van der Waals surface area contributed by atoms with E-state index in [1.807, 2.05) is 40.1 Å². The predicted molar refractivity (Wildman–Crippen MR) is 67.9 cm³/mol. The molecule has 0 bridgehead atoms. The highest BCUT2D eigenvalue weighted by Crippen LogP contribution is 2.41. The minimum absolute atomic E-state index is 0.275. The van der Waals surface area contributed by atoms with Crippen LogP contribution in [0.2, 0.25) is 0 Å². The SMILES string of the molecule is CC.COc1cc(CN(C)C)cc2c1OCO2. The van der Waals surface area contributed by atoms with Gasteiger partial charge in [0.05, 0.1) is 7.11 Å². The van der Waals surface area contributed by atoms with E-state index in [0.29, 0.717) is 5.75 Å². The van der Waals surface area contributed by atoms with Gasteiger partial charge < -0.3 is 19.1 Å². The van der Waals surface area contributed by atoms with Crippen LogP contribution in [0.1, 0.15) is 19.4 Å². The number of nitrogens with zero attached hydrogens (tertiary/aromatic N) is 1. The summed E-state index contributed by atoms with van der Waals surface area (Å²) in [6.07, 6.45) is 0. The first-order valence-electron chi connectivity index (χ1n) is 5.82. The average Bonchev–Trinajstić information content (AvgIpc) is 2.77. The van der Waals surface area contributed by atoms with Crippen molar-refractivity contribution in [3.05, 3.63) is 17.7 Å². The molecule has 1 aromatic carbocycles. The Hall–Kier alpha value is -1.42. The fourth-order valence-corrected chi connectivity index (χ4v) is 1.64. The number of rotatable bonds is 3. The first-order valence-corrected chi connectivity index (χ1v) is 5.82. The lowest BCUT2D eigenvalue weighted by Crippen LogP contribution is -2.10. The van der Waals surface area contributed by atoms with Gasteiger partial charge in [0.2, 0.25) is 12.5 Å². The average molecular weight is 239 g/mol. The van der Waals surface area contributed by atoms with Crippen LogP contribution in [0.4, 0.5) is 0 Å². The highest BCUT2D eigenvalue weighted by Gasteiger charge is 2.19. The summed E-state index contributed by atoms with van der Waals surface area (Å²) >= 11 is 0. The van der Waals surface area contributed by atoms with Crippen LogP contribution < -0.4 is 14.2 Å². The summed E-state index contributed by atoms with van der Waals surface area (Å²) in [5, 5.41) is 0. The van der Waals surface area contributed by atoms with E-state index in [1.54, 1.807) is 7.11 Å². The van der Waals surface area contributed by atoms with Gasteiger partial charge in [-0.15, -0.1) is 0 Å². The molecule has 4 heteroatoms. The summed E-state index contributed by atoms with van der Waals surface area (Å²) in [5.41, 5.74) is 1.15. The number of benzene rings is 1. The molecule has 17 heavy (non-hydrogen) atoms. The Morgan fingerprint density at radius 3 is 2.53 bits per heavy atom. The van der Waals surface area contributed by atoms with E-state index in [2.05, 4.69) is 4.90 Å². The van der Waals surface area contributed by atoms with E-state index in [0.717, 1.165) is 23.6 Å². The summed E-state index contributed by atoms with van der Waals surface area (Å²) in [6, 6.07) is 3.97. The zero-order valence-electron chi connectivity index (χ0n) is 11.2. The molecule has 1 heterocycles. The first-order chi connectivity index (χ1) is 8.20. The molecule has 0 aromatic heterocycles. The summed E-state index contributed by atoms with van der Waals surface area (Å²) in [6.45, 7) is 5.13. The molecule has 0 aliphatic carbocycles. The van der Waals surface area contributed by atoms with Gasteiger partial charge in [-0.1, -0.05) is 13.8 Å². The zero-order chi connectivity index (χ0) is 12.8. The molecular formula is C13H21NO3. The maximum absolute atomic E-state index is 5.34. The molecule has 0 amide bonds. The van der Waals surface area contributed by atoms with E-state index >= 15 is 0 Å². The normalized spacial score (nSPS) is 12.1. The highest BCUT2D eigenvalue weighted by molar-refractivity contribution is 5.55. The van der Waals surface area contributed by atoms with Crippen LogP contribution in [0.15, 0.2) is 12.1 Å². The monoisotopic (exact) mass is 239 g/mol. The van der Waals surface area contributed by atoms with Crippen molar-refractivity contribution < 1.29 is 14.2 Å². The van der Waals surface area contributed by atoms with Gasteiger partial charge in [-0.25, -0.2) is 0 Å². The Morgan fingerprint density at radius 2 is 1.94 bits per heavy atom. The Labute approximate surface area is 103 Å². The number of fused-ring (bicyclic) bond motifs is 1. The van der Waals surface area contributed by atoms with Crippen molar-refractivity contribution in [3.8, 4) is 17.2 Å². The lowest BCUT2D eigenvalue weighted by atomic mass is 10.2. The second-order valence-electron chi connectivity index (χ2n) is 3.77. The van der Waals surface area contributed by atoms with Crippen LogP contribution in [-0.2, 0) is 6.54 Å². The second kappa shape index (κ2) is 6.35. The minimum Gasteiger partial charge on any atom is -0.493 e. The van der Waals surface area contributed by atoms with Crippen LogP contribution in [0.25, 0.3) is 0 Å². The van der Waals surface area contributed by atoms with Crippen molar-refractivity contribution >= 4 is 0 Å². The topological polar surface area (TPSA) is 30.9 Å². The van der Waals surface area contributed by atoms with Gasteiger partial charge in [0.25, 0.3) is 0 Å². The van der Waals surface area contributed by atoms with Gasteiger partial charge in [-0.2, -0.15) is 0 Å². The predicted octanol–water partition coefficient (Wildman–Crippen LogP) is 2.51. The fraction of sp³-hybridized carbons (Fsp3) is 0.538. The molecule has 1 aromatic rings. The van der Waals surface area contributed by atoms with Crippen molar-refractivity contribution in [2.24, 2.45) is 0 Å². The van der Waals surface area contributed by atoms with Crippen molar-refractivity contribution in [2.75, 3.05) is 28.0 Å². The van der Waals surface area contributed by atoms with Gasteiger partial charge in [0.1, 0.15) is 0 Å². The van der Waals surface area contributed by atoms with Crippen molar-refractivity contribution in [1.82, 2.24) is 4.90 Å². The molecule has 4 nitrogen and oxygen atoms in total. The molecule has 0 unspecified atom stereocenters. The lowest BCUT2D eigenvalue weighted by molar-refractivity contribution is 0.171. The third-order valence-corrected chi connectivity index (χ3v) is 2.22. The second-order valence-corrected chi connectivity index (χ2v) is 3.77. The summed E-state index contributed by atoms with van der Waals surface area (Å²) in [7, 11) is 5.69. The molecule has 0 spiro atoms. The zero-order valence-corrected chi connectivity index (χ0v) is 11.2. The van der Waals surface area contributed by atoms with E-state index in [1.165, 1.54) is 0 Å². The van der Waals surface area contributed by atoms with E-state index in [4.69, 9.17) is 14.2 Å². The van der Waals surface area contributed by atoms with Crippen molar-refractivity contribution in [1.29, 1.82) is 0 Å². The molecule has 1 aliphatic heterocycles. The van der Waals surface area contributed by atoms with E-state index in [-0.39, 0.29) is 6.79 Å².